The molecule has 6 heteroatoms. The molecule has 0 aromatic heterocycles. The maximum atomic E-state index is 14.3. The molecule has 6 nitrogen and oxygen atoms in total. The van der Waals surface area contributed by atoms with E-state index in [1.165, 1.54) is 9.80 Å². The highest BCUT2D eigenvalue weighted by molar-refractivity contribution is 6.17. The van der Waals surface area contributed by atoms with Crippen LogP contribution in [-0.2, 0) is 16.1 Å². The van der Waals surface area contributed by atoms with Crippen LogP contribution in [-0.4, -0.2) is 35.5 Å². The van der Waals surface area contributed by atoms with E-state index in [2.05, 4.69) is 0 Å². The summed E-state index contributed by atoms with van der Waals surface area (Å²) in [5.41, 5.74) is -1.22. The standard InChI is InChI=1S/C27H27N3O3/c1-3-4-19-29-25(32)30(21-15-9-6-10-16-21)26(27(29,33)20-13-7-5-8-14-20)22-17-11-12-18-23(22)28(2)24(26)31/h5-18,33H,3-4,19H2,1-2H3/t26-,27-/m0/s1. The Balaban J connectivity index is 1.90. The molecule has 0 aliphatic carbocycles. The highest BCUT2D eigenvalue weighted by Gasteiger charge is 2.75. The number of unbranched alkanes of at least 4 members (excludes halogenated alkanes) is 1. The van der Waals surface area contributed by atoms with Gasteiger partial charge in [-0.3, -0.25) is 14.6 Å². The topological polar surface area (TPSA) is 64.1 Å². The lowest BCUT2D eigenvalue weighted by atomic mass is 9.76. The van der Waals surface area contributed by atoms with Crippen LogP contribution in [0, 0.1) is 0 Å². The van der Waals surface area contributed by atoms with Crippen molar-refractivity contribution in [3.63, 3.8) is 0 Å². The molecule has 1 saturated heterocycles. The molecular formula is C27H27N3O3. The van der Waals surface area contributed by atoms with E-state index in [-0.39, 0.29) is 11.9 Å². The Kier molecular flexibility index (Phi) is 4.98. The second-order valence-electron chi connectivity index (χ2n) is 8.59. The van der Waals surface area contributed by atoms with Crippen LogP contribution in [0.1, 0.15) is 30.9 Å². The zero-order valence-corrected chi connectivity index (χ0v) is 18.8. The number of likely N-dealkylation sites (N-methyl/N-ethyl adjacent to an activating group) is 1. The summed E-state index contributed by atoms with van der Waals surface area (Å²) in [7, 11) is 1.70. The van der Waals surface area contributed by atoms with Gasteiger partial charge >= 0.3 is 6.03 Å². The Morgan fingerprint density at radius 1 is 0.848 bits per heavy atom. The Bertz CT molecular complexity index is 1200. The third kappa shape index (κ3) is 2.64. The Hall–Kier alpha value is -3.64. The molecule has 168 valence electrons. The predicted molar refractivity (Wildman–Crippen MR) is 128 cm³/mol. The van der Waals surface area contributed by atoms with Crippen molar-refractivity contribution in [2.45, 2.75) is 31.0 Å². The van der Waals surface area contributed by atoms with Gasteiger partial charge in [-0.2, -0.15) is 0 Å². The lowest BCUT2D eigenvalue weighted by Crippen LogP contribution is -2.62. The number of carbonyl (C=O) groups excluding carboxylic acids is 2. The summed E-state index contributed by atoms with van der Waals surface area (Å²) in [4.78, 5) is 32.9. The number of hydrogen-bond acceptors (Lipinski definition) is 3. The number of benzene rings is 3. The average molecular weight is 442 g/mol. The molecule has 33 heavy (non-hydrogen) atoms. The minimum atomic E-state index is -1.91. The van der Waals surface area contributed by atoms with Crippen molar-refractivity contribution in [2.75, 3.05) is 23.4 Å². The first-order chi connectivity index (χ1) is 16.0. The molecule has 2 aliphatic rings. The van der Waals surface area contributed by atoms with Gasteiger partial charge in [0, 0.05) is 36.1 Å². The second-order valence-corrected chi connectivity index (χ2v) is 8.59. The zero-order chi connectivity index (χ0) is 23.2. The van der Waals surface area contributed by atoms with Crippen molar-refractivity contribution in [3.8, 4) is 0 Å². The molecule has 2 heterocycles. The van der Waals surface area contributed by atoms with E-state index in [1.54, 1.807) is 24.1 Å². The average Bonchev–Trinajstić information content (AvgIpc) is 3.21. The van der Waals surface area contributed by atoms with Crippen LogP contribution < -0.4 is 9.80 Å². The van der Waals surface area contributed by atoms with E-state index in [0.29, 0.717) is 35.5 Å². The minimum absolute atomic E-state index is 0.324. The second kappa shape index (κ2) is 7.74. The molecular weight excluding hydrogens is 414 g/mol. The number of amides is 3. The van der Waals surface area contributed by atoms with Gasteiger partial charge in [0.15, 0.2) is 0 Å². The summed E-state index contributed by atoms with van der Waals surface area (Å²) in [6.45, 7) is 2.36. The molecule has 0 unspecified atom stereocenters. The summed E-state index contributed by atoms with van der Waals surface area (Å²) >= 11 is 0. The van der Waals surface area contributed by atoms with Gasteiger partial charge in [-0.25, -0.2) is 4.79 Å². The molecule has 5 rings (SSSR count). The summed E-state index contributed by atoms with van der Waals surface area (Å²) in [5, 5.41) is 12.8. The van der Waals surface area contributed by atoms with E-state index in [4.69, 9.17) is 0 Å². The molecule has 0 radical (unpaired) electrons. The fraction of sp³-hybridized carbons (Fsp3) is 0.259. The molecule has 1 spiro atoms. The quantitative estimate of drug-likeness (QED) is 0.636. The van der Waals surface area contributed by atoms with Crippen LogP contribution >= 0.6 is 0 Å². The lowest BCUT2D eigenvalue weighted by Gasteiger charge is -2.43. The number of para-hydroxylation sites is 2. The normalized spacial score (nSPS) is 24.2. The highest BCUT2D eigenvalue weighted by atomic mass is 16.3. The van der Waals surface area contributed by atoms with Crippen LogP contribution in [0.5, 0.6) is 0 Å². The van der Waals surface area contributed by atoms with Gasteiger partial charge < -0.3 is 10.0 Å². The van der Waals surface area contributed by atoms with Gasteiger partial charge in [0.05, 0.1) is 0 Å². The van der Waals surface area contributed by atoms with Gasteiger partial charge in [0.1, 0.15) is 0 Å². The van der Waals surface area contributed by atoms with Gasteiger partial charge in [0.2, 0.25) is 11.3 Å². The number of hydrogen-bond donors (Lipinski definition) is 1. The number of nitrogens with zero attached hydrogens (tertiary/aromatic N) is 3. The Labute approximate surface area is 193 Å². The van der Waals surface area contributed by atoms with Gasteiger partial charge in [-0.1, -0.05) is 80.1 Å². The van der Waals surface area contributed by atoms with E-state index >= 15 is 0 Å². The largest absolute Gasteiger partial charge is 0.364 e. The van der Waals surface area contributed by atoms with Crippen LogP contribution in [0.2, 0.25) is 0 Å². The Morgan fingerprint density at radius 3 is 2.12 bits per heavy atom. The van der Waals surface area contributed by atoms with Crippen LogP contribution in [0.4, 0.5) is 16.2 Å². The molecule has 3 amide bonds. The van der Waals surface area contributed by atoms with Crippen molar-refractivity contribution in [1.29, 1.82) is 0 Å². The van der Waals surface area contributed by atoms with Gasteiger partial charge in [-0.05, 0) is 24.6 Å². The van der Waals surface area contributed by atoms with Gasteiger partial charge in [-0.15, -0.1) is 0 Å². The monoisotopic (exact) mass is 441 g/mol. The first kappa shape index (κ1) is 21.2. The van der Waals surface area contributed by atoms with Crippen molar-refractivity contribution in [1.82, 2.24) is 4.90 Å². The van der Waals surface area contributed by atoms with Gasteiger partial charge in [0.25, 0.3) is 5.91 Å². The van der Waals surface area contributed by atoms with Crippen molar-refractivity contribution < 1.29 is 14.7 Å². The number of rotatable bonds is 5. The SMILES string of the molecule is CCCCN1C(=O)N(c2ccccc2)[C@@]2(C(=O)N(C)c3ccccc32)[C@@]1(O)c1ccccc1. The number of fused-ring (bicyclic) bond motifs is 2. The fourth-order valence-corrected chi connectivity index (χ4v) is 5.34. The van der Waals surface area contributed by atoms with E-state index in [1.807, 2.05) is 79.7 Å². The smallest absolute Gasteiger partial charge is 0.328 e. The fourth-order valence-electron chi connectivity index (χ4n) is 5.34. The van der Waals surface area contributed by atoms with E-state index < -0.39 is 11.3 Å². The molecule has 0 saturated carbocycles. The summed E-state index contributed by atoms with van der Waals surface area (Å²) in [6, 6.07) is 25.3. The Morgan fingerprint density at radius 2 is 1.45 bits per heavy atom. The van der Waals surface area contributed by atoms with Crippen molar-refractivity contribution in [2.24, 2.45) is 0 Å². The number of carbonyl (C=O) groups is 2. The van der Waals surface area contributed by atoms with E-state index in [9.17, 15) is 14.7 Å². The first-order valence-corrected chi connectivity index (χ1v) is 11.3. The maximum Gasteiger partial charge on any atom is 0.328 e. The zero-order valence-electron chi connectivity index (χ0n) is 18.8. The molecule has 2 atom stereocenters. The number of aliphatic hydroxyl groups is 1. The summed E-state index contributed by atoms with van der Waals surface area (Å²) < 4.78 is 0. The number of urea groups is 1. The third-order valence-electron chi connectivity index (χ3n) is 6.85. The minimum Gasteiger partial charge on any atom is -0.364 e. The molecule has 3 aromatic rings. The predicted octanol–water partition coefficient (Wildman–Crippen LogP) is 4.45. The number of anilines is 2. The van der Waals surface area contributed by atoms with Crippen LogP contribution in [0.3, 0.4) is 0 Å². The maximum absolute atomic E-state index is 14.3. The van der Waals surface area contributed by atoms with Crippen molar-refractivity contribution >= 4 is 23.3 Å². The molecule has 2 aliphatic heterocycles. The third-order valence-corrected chi connectivity index (χ3v) is 6.85. The summed E-state index contributed by atoms with van der Waals surface area (Å²) in [5.74, 6) is -0.341. The van der Waals surface area contributed by atoms with Crippen LogP contribution in [0.15, 0.2) is 84.9 Å². The lowest BCUT2D eigenvalue weighted by molar-refractivity contribution is -0.150. The van der Waals surface area contributed by atoms with Crippen molar-refractivity contribution in [3.05, 3.63) is 96.1 Å². The molecule has 1 N–H and O–H groups in total. The molecule has 0 bridgehead atoms. The molecule has 3 aromatic carbocycles. The van der Waals surface area contributed by atoms with Crippen LogP contribution in [0.25, 0.3) is 0 Å². The van der Waals surface area contributed by atoms with E-state index in [0.717, 1.165) is 6.42 Å². The summed E-state index contributed by atoms with van der Waals surface area (Å²) in [6.07, 6.45) is 1.54. The first-order valence-electron chi connectivity index (χ1n) is 11.3. The highest BCUT2D eigenvalue weighted by Crippen LogP contribution is 2.59. The molecule has 1 fully saturated rings.